The highest BCUT2D eigenvalue weighted by molar-refractivity contribution is 5.76. The van der Waals surface area contributed by atoms with E-state index in [1.54, 1.807) is 25.1 Å². The van der Waals surface area contributed by atoms with Crippen LogP contribution in [0.4, 0.5) is 4.39 Å². The molecule has 0 radical (unpaired) electrons. The van der Waals surface area contributed by atoms with E-state index in [4.69, 9.17) is 5.26 Å². The molecule has 68 valence electrons. The summed E-state index contributed by atoms with van der Waals surface area (Å²) >= 11 is 0. The minimum atomic E-state index is -0.587. The fraction of sp³-hybridized carbons (Fsp3) is 0.100. The molecule has 0 unspecified atom stereocenters. The second kappa shape index (κ2) is 3.04. The summed E-state index contributed by atoms with van der Waals surface area (Å²) in [4.78, 5) is 7.92. The highest BCUT2D eigenvalue weighted by Crippen LogP contribution is 2.18. The van der Waals surface area contributed by atoms with Gasteiger partial charge in [0, 0.05) is 6.20 Å². The first kappa shape index (κ1) is 8.57. The zero-order valence-electron chi connectivity index (χ0n) is 7.45. The maximum absolute atomic E-state index is 13.6. The van der Waals surface area contributed by atoms with E-state index in [-0.39, 0.29) is 11.1 Å². The first-order valence-corrected chi connectivity index (χ1v) is 4.05. The zero-order chi connectivity index (χ0) is 10.1. The average Bonchev–Trinajstić information content (AvgIpc) is 2.18. The number of nitrogens with zero attached hydrogens (tertiary/aromatic N) is 3. The van der Waals surface area contributed by atoms with Crippen LogP contribution in [-0.2, 0) is 0 Å². The van der Waals surface area contributed by atoms with Crippen LogP contribution >= 0.6 is 0 Å². The Morgan fingerprint density at radius 1 is 1.50 bits per heavy atom. The molecule has 2 aromatic rings. The van der Waals surface area contributed by atoms with Crippen LogP contribution in [0, 0.1) is 24.1 Å². The Morgan fingerprint density at radius 2 is 2.29 bits per heavy atom. The van der Waals surface area contributed by atoms with E-state index in [2.05, 4.69) is 9.97 Å². The number of hydrogen-bond acceptors (Lipinski definition) is 3. The Bertz CT molecular complexity index is 543. The lowest BCUT2D eigenvalue weighted by atomic mass is 10.2. The Balaban J connectivity index is 2.95. The van der Waals surface area contributed by atoms with Crippen LogP contribution in [0.15, 0.2) is 18.3 Å². The lowest BCUT2D eigenvalue weighted by molar-refractivity contribution is 0.629. The van der Waals surface area contributed by atoms with Gasteiger partial charge in [-0.3, -0.25) is 4.98 Å². The van der Waals surface area contributed by atoms with Crippen LogP contribution in [0.3, 0.4) is 0 Å². The molecule has 0 N–H and O–H groups in total. The molecule has 0 aliphatic rings. The predicted octanol–water partition coefficient (Wildman–Crippen LogP) is 1.95. The minimum Gasteiger partial charge on any atom is -0.251 e. The fourth-order valence-corrected chi connectivity index (χ4v) is 1.30. The van der Waals surface area contributed by atoms with Crippen molar-refractivity contribution in [2.24, 2.45) is 0 Å². The normalized spacial score (nSPS) is 10.1. The maximum atomic E-state index is 13.6. The van der Waals surface area contributed by atoms with E-state index < -0.39 is 5.82 Å². The van der Waals surface area contributed by atoms with Crippen molar-refractivity contribution in [3.63, 3.8) is 0 Å². The van der Waals surface area contributed by atoms with E-state index in [9.17, 15) is 4.39 Å². The van der Waals surface area contributed by atoms with Crippen molar-refractivity contribution in [1.29, 1.82) is 5.26 Å². The topological polar surface area (TPSA) is 49.6 Å². The molecule has 0 aliphatic heterocycles. The van der Waals surface area contributed by atoms with Crippen molar-refractivity contribution in [3.05, 3.63) is 35.4 Å². The first-order chi connectivity index (χ1) is 6.74. The molecule has 0 saturated heterocycles. The average molecular weight is 187 g/mol. The lowest BCUT2D eigenvalue weighted by Gasteiger charge is -2.01. The molecule has 4 heteroatoms. The van der Waals surface area contributed by atoms with Gasteiger partial charge in [0.25, 0.3) is 0 Å². The number of fused-ring (bicyclic) bond motifs is 1. The highest BCUT2D eigenvalue weighted by Gasteiger charge is 2.12. The highest BCUT2D eigenvalue weighted by atomic mass is 19.1. The third-order valence-electron chi connectivity index (χ3n) is 1.98. The largest absolute Gasteiger partial charge is 0.251 e. The maximum Gasteiger partial charge on any atom is 0.170 e. The van der Waals surface area contributed by atoms with Crippen LogP contribution in [0.2, 0.25) is 0 Å². The monoisotopic (exact) mass is 187 g/mol. The van der Waals surface area contributed by atoms with Crippen molar-refractivity contribution in [2.75, 3.05) is 0 Å². The summed E-state index contributed by atoms with van der Waals surface area (Å²) in [5, 5.41) is 8.70. The molecule has 2 rings (SSSR count). The molecule has 2 heterocycles. The summed E-state index contributed by atoms with van der Waals surface area (Å²) in [6.07, 6.45) is 1.48. The Hall–Kier alpha value is -2.02. The lowest BCUT2D eigenvalue weighted by Crippen LogP contribution is -1.96. The van der Waals surface area contributed by atoms with Crippen molar-refractivity contribution < 1.29 is 4.39 Å². The third-order valence-corrected chi connectivity index (χ3v) is 1.98. The van der Waals surface area contributed by atoms with Crippen molar-refractivity contribution in [3.8, 4) is 6.07 Å². The molecule has 0 spiro atoms. The summed E-state index contributed by atoms with van der Waals surface area (Å²) in [6.45, 7) is 1.61. The molecular formula is C10H6FN3. The number of halogens is 1. The summed E-state index contributed by atoms with van der Waals surface area (Å²) in [5.41, 5.74) is 0.984. The van der Waals surface area contributed by atoms with E-state index >= 15 is 0 Å². The van der Waals surface area contributed by atoms with Crippen molar-refractivity contribution in [2.45, 2.75) is 6.92 Å². The van der Waals surface area contributed by atoms with Gasteiger partial charge in [0.2, 0.25) is 0 Å². The van der Waals surface area contributed by atoms with Gasteiger partial charge in [-0.05, 0) is 19.1 Å². The molecule has 2 aromatic heterocycles. The number of pyridine rings is 2. The van der Waals surface area contributed by atoms with Crippen molar-refractivity contribution >= 4 is 11.0 Å². The number of rotatable bonds is 0. The van der Waals surface area contributed by atoms with Gasteiger partial charge in [0.15, 0.2) is 5.82 Å². The van der Waals surface area contributed by atoms with Crippen LogP contribution in [0.1, 0.15) is 11.3 Å². The number of hydrogen-bond donors (Lipinski definition) is 0. The quantitative estimate of drug-likeness (QED) is 0.633. The minimum absolute atomic E-state index is 0.0313. The molecule has 14 heavy (non-hydrogen) atoms. The second-order valence-corrected chi connectivity index (χ2v) is 2.87. The fourth-order valence-electron chi connectivity index (χ4n) is 1.30. The van der Waals surface area contributed by atoms with Crippen LogP contribution in [0.5, 0.6) is 0 Å². The van der Waals surface area contributed by atoms with Gasteiger partial charge in [0.05, 0.1) is 11.2 Å². The second-order valence-electron chi connectivity index (χ2n) is 2.87. The molecule has 0 bridgehead atoms. The molecule has 0 aliphatic carbocycles. The summed E-state index contributed by atoms with van der Waals surface area (Å²) in [6, 6.07) is 5.13. The Morgan fingerprint density at radius 3 is 3.00 bits per heavy atom. The molecule has 0 saturated carbocycles. The summed E-state index contributed by atoms with van der Waals surface area (Å²) < 4.78 is 13.6. The molecular weight excluding hydrogens is 181 g/mol. The Labute approximate surface area is 79.8 Å². The van der Waals surface area contributed by atoms with Crippen LogP contribution in [0.25, 0.3) is 11.0 Å². The van der Waals surface area contributed by atoms with Crippen LogP contribution in [-0.4, -0.2) is 9.97 Å². The van der Waals surface area contributed by atoms with Crippen LogP contribution < -0.4 is 0 Å². The first-order valence-electron chi connectivity index (χ1n) is 4.05. The number of aromatic nitrogens is 2. The smallest absolute Gasteiger partial charge is 0.170 e. The van der Waals surface area contributed by atoms with Gasteiger partial charge in [-0.2, -0.15) is 5.26 Å². The standard InChI is InChI=1S/C10H6FN3/c1-6-7(5-12)9(11)10-8(14-6)3-2-4-13-10/h2-4H,1H3. The van der Waals surface area contributed by atoms with Gasteiger partial charge in [-0.25, -0.2) is 9.37 Å². The number of aryl methyl sites for hydroxylation is 1. The van der Waals surface area contributed by atoms with Gasteiger partial charge in [0.1, 0.15) is 17.1 Å². The Kier molecular flexibility index (Phi) is 1.86. The van der Waals surface area contributed by atoms with Gasteiger partial charge < -0.3 is 0 Å². The predicted molar refractivity (Wildman–Crippen MR) is 48.9 cm³/mol. The van der Waals surface area contributed by atoms with Crippen molar-refractivity contribution in [1.82, 2.24) is 9.97 Å². The zero-order valence-corrected chi connectivity index (χ0v) is 7.45. The molecule has 0 aromatic carbocycles. The summed E-state index contributed by atoms with van der Waals surface area (Å²) in [5.74, 6) is -0.587. The molecule has 0 fully saturated rings. The number of nitriles is 1. The molecule has 0 atom stereocenters. The third kappa shape index (κ3) is 1.11. The van der Waals surface area contributed by atoms with Gasteiger partial charge in [-0.1, -0.05) is 0 Å². The molecule has 3 nitrogen and oxygen atoms in total. The SMILES string of the molecule is Cc1nc2cccnc2c(F)c1C#N. The van der Waals surface area contributed by atoms with Gasteiger partial charge >= 0.3 is 0 Å². The van der Waals surface area contributed by atoms with Gasteiger partial charge in [-0.15, -0.1) is 0 Å². The van der Waals surface area contributed by atoms with E-state index in [1.165, 1.54) is 6.20 Å². The summed E-state index contributed by atoms with van der Waals surface area (Å²) in [7, 11) is 0. The van der Waals surface area contributed by atoms with E-state index in [0.29, 0.717) is 11.2 Å². The van der Waals surface area contributed by atoms with E-state index in [0.717, 1.165) is 0 Å². The molecule has 0 amide bonds. The van der Waals surface area contributed by atoms with E-state index in [1.807, 2.05) is 0 Å².